The van der Waals surface area contributed by atoms with Crippen LogP contribution in [0.2, 0.25) is 0 Å². The highest BCUT2D eigenvalue weighted by Crippen LogP contribution is 2.31. The van der Waals surface area contributed by atoms with Crippen LogP contribution in [0, 0.1) is 0 Å². The van der Waals surface area contributed by atoms with Crippen LogP contribution in [0.15, 0.2) is 18.2 Å². The predicted molar refractivity (Wildman–Crippen MR) is 79.9 cm³/mol. The van der Waals surface area contributed by atoms with E-state index >= 15 is 0 Å². The Kier molecular flexibility index (Phi) is 4.15. The molecule has 0 spiro atoms. The van der Waals surface area contributed by atoms with E-state index in [1.54, 1.807) is 18.2 Å². The molecular weight excluding hydrogens is 322 g/mol. The highest BCUT2D eigenvalue weighted by atomic mass is 79.9. The lowest BCUT2D eigenvalue weighted by Gasteiger charge is -2.26. The maximum Gasteiger partial charge on any atom is 0.251 e. The summed E-state index contributed by atoms with van der Waals surface area (Å²) in [5, 5.41) is 3.11. The molecule has 5 heteroatoms. The first kappa shape index (κ1) is 13.7. The molecule has 0 unspecified atom stereocenters. The molecule has 4 nitrogen and oxygen atoms in total. The maximum atomic E-state index is 12.3. The predicted octanol–water partition coefficient (Wildman–Crippen LogP) is 2.89. The summed E-state index contributed by atoms with van der Waals surface area (Å²) in [5.74, 6) is 1.35. The van der Waals surface area contributed by atoms with Crippen LogP contribution in [-0.4, -0.2) is 30.0 Å². The SMILES string of the molecule is O=C(NC1CCC(Br)CC1)c1ccc2c(c1)OCCO2. The molecule has 1 heterocycles. The van der Waals surface area contributed by atoms with E-state index in [0.717, 1.165) is 25.7 Å². The van der Waals surface area contributed by atoms with Gasteiger partial charge < -0.3 is 14.8 Å². The molecule has 3 rings (SSSR count). The first-order valence-electron chi connectivity index (χ1n) is 7.07. The van der Waals surface area contributed by atoms with Gasteiger partial charge in [-0.3, -0.25) is 4.79 Å². The second kappa shape index (κ2) is 6.04. The second-order valence-corrected chi connectivity index (χ2v) is 6.58. The van der Waals surface area contributed by atoms with E-state index in [1.165, 1.54) is 0 Å². The first-order chi connectivity index (χ1) is 9.72. The van der Waals surface area contributed by atoms with E-state index in [-0.39, 0.29) is 11.9 Å². The minimum atomic E-state index is -0.0278. The van der Waals surface area contributed by atoms with Gasteiger partial charge in [0.1, 0.15) is 13.2 Å². The zero-order valence-corrected chi connectivity index (χ0v) is 12.8. The van der Waals surface area contributed by atoms with E-state index in [2.05, 4.69) is 21.2 Å². The fraction of sp³-hybridized carbons (Fsp3) is 0.533. The van der Waals surface area contributed by atoms with Gasteiger partial charge in [-0.2, -0.15) is 0 Å². The lowest BCUT2D eigenvalue weighted by molar-refractivity contribution is 0.0927. The summed E-state index contributed by atoms with van der Waals surface area (Å²) in [5.41, 5.74) is 0.634. The summed E-state index contributed by atoms with van der Waals surface area (Å²) >= 11 is 3.62. The molecule has 1 aromatic carbocycles. The van der Waals surface area contributed by atoms with Crippen molar-refractivity contribution in [3.8, 4) is 11.5 Å². The quantitative estimate of drug-likeness (QED) is 0.842. The molecule has 1 aliphatic carbocycles. The van der Waals surface area contributed by atoms with Gasteiger partial charge in [0.15, 0.2) is 11.5 Å². The zero-order chi connectivity index (χ0) is 13.9. The summed E-state index contributed by atoms with van der Waals surface area (Å²) in [6.07, 6.45) is 4.30. The monoisotopic (exact) mass is 339 g/mol. The number of hydrogen-bond donors (Lipinski definition) is 1. The lowest BCUT2D eigenvalue weighted by Crippen LogP contribution is -2.37. The van der Waals surface area contributed by atoms with Gasteiger partial charge in [-0.05, 0) is 43.9 Å². The molecule has 1 aromatic rings. The van der Waals surface area contributed by atoms with Crippen molar-refractivity contribution in [2.45, 2.75) is 36.6 Å². The summed E-state index contributed by atoms with van der Waals surface area (Å²) in [7, 11) is 0. The number of fused-ring (bicyclic) bond motifs is 1. The normalized spacial score (nSPS) is 25.1. The molecule has 1 fully saturated rings. The third-order valence-electron chi connectivity index (χ3n) is 3.80. The number of amides is 1. The Hall–Kier alpha value is -1.23. The molecule has 0 radical (unpaired) electrons. The molecule has 1 N–H and O–H groups in total. The Morgan fingerprint density at radius 3 is 2.55 bits per heavy atom. The molecule has 1 saturated carbocycles. The molecule has 0 atom stereocenters. The van der Waals surface area contributed by atoms with Gasteiger partial charge in [-0.15, -0.1) is 0 Å². The van der Waals surface area contributed by atoms with Crippen LogP contribution in [0.4, 0.5) is 0 Å². The third-order valence-corrected chi connectivity index (χ3v) is 4.71. The fourth-order valence-electron chi connectivity index (χ4n) is 2.65. The Bertz CT molecular complexity index is 498. The highest BCUT2D eigenvalue weighted by molar-refractivity contribution is 9.09. The molecule has 108 valence electrons. The molecule has 0 bridgehead atoms. The van der Waals surface area contributed by atoms with Crippen LogP contribution in [0.1, 0.15) is 36.0 Å². The average Bonchev–Trinajstić information content (AvgIpc) is 2.49. The summed E-state index contributed by atoms with van der Waals surface area (Å²) < 4.78 is 11.0. The number of alkyl halides is 1. The van der Waals surface area contributed by atoms with Crippen molar-refractivity contribution < 1.29 is 14.3 Å². The number of rotatable bonds is 2. The largest absolute Gasteiger partial charge is 0.486 e. The number of nitrogens with one attached hydrogen (secondary N) is 1. The number of benzene rings is 1. The topological polar surface area (TPSA) is 47.6 Å². The van der Waals surface area contributed by atoms with Gasteiger partial charge in [0.05, 0.1) is 0 Å². The fourth-order valence-corrected chi connectivity index (χ4v) is 3.18. The van der Waals surface area contributed by atoms with Gasteiger partial charge in [0, 0.05) is 16.4 Å². The van der Waals surface area contributed by atoms with E-state index < -0.39 is 0 Å². The van der Waals surface area contributed by atoms with E-state index in [9.17, 15) is 4.79 Å². The Morgan fingerprint density at radius 1 is 1.10 bits per heavy atom. The van der Waals surface area contributed by atoms with Gasteiger partial charge in [0.2, 0.25) is 0 Å². The minimum Gasteiger partial charge on any atom is -0.486 e. The van der Waals surface area contributed by atoms with E-state index in [0.29, 0.717) is 35.1 Å². The lowest BCUT2D eigenvalue weighted by atomic mass is 9.95. The maximum absolute atomic E-state index is 12.3. The van der Waals surface area contributed by atoms with Crippen molar-refractivity contribution in [2.24, 2.45) is 0 Å². The molecule has 2 aliphatic rings. The standard InChI is InChI=1S/C15H18BrNO3/c16-11-2-4-12(5-3-11)17-15(18)10-1-6-13-14(9-10)20-8-7-19-13/h1,6,9,11-12H,2-5,7-8H2,(H,17,18). The number of halogens is 1. The molecule has 0 saturated heterocycles. The van der Waals surface area contributed by atoms with E-state index in [1.807, 2.05) is 0 Å². The van der Waals surface area contributed by atoms with Gasteiger partial charge in [0.25, 0.3) is 5.91 Å². The Balaban J connectivity index is 1.65. The van der Waals surface area contributed by atoms with Crippen molar-refractivity contribution >= 4 is 21.8 Å². The van der Waals surface area contributed by atoms with Crippen LogP contribution in [0.25, 0.3) is 0 Å². The van der Waals surface area contributed by atoms with Gasteiger partial charge in [-0.1, -0.05) is 15.9 Å². The van der Waals surface area contributed by atoms with Crippen molar-refractivity contribution in [3.63, 3.8) is 0 Å². The molecule has 1 amide bonds. The van der Waals surface area contributed by atoms with Crippen LogP contribution in [0.5, 0.6) is 11.5 Å². The van der Waals surface area contributed by atoms with Crippen molar-refractivity contribution in [1.82, 2.24) is 5.32 Å². The van der Waals surface area contributed by atoms with E-state index in [4.69, 9.17) is 9.47 Å². The number of carbonyl (C=O) groups is 1. The van der Waals surface area contributed by atoms with Crippen molar-refractivity contribution in [2.75, 3.05) is 13.2 Å². The molecule has 1 aliphatic heterocycles. The van der Waals surface area contributed by atoms with Crippen LogP contribution < -0.4 is 14.8 Å². The molecule has 0 aromatic heterocycles. The smallest absolute Gasteiger partial charge is 0.251 e. The number of ether oxygens (including phenoxy) is 2. The number of hydrogen-bond acceptors (Lipinski definition) is 3. The Morgan fingerprint density at radius 2 is 1.80 bits per heavy atom. The zero-order valence-electron chi connectivity index (χ0n) is 11.2. The van der Waals surface area contributed by atoms with Crippen molar-refractivity contribution in [1.29, 1.82) is 0 Å². The van der Waals surface area contributed by atoms with Gasteiger partial charge >= 0.3 is 0 Å². The molecular formula is C15H18BrNO3. The molecule has 20 heavy (non-hydrogen) atoms. The number of carbonyl (C=O) groups excluding carboxylic acids is 1. The average molecular weight is 340 g/mol. The third kappa shape index (κ3) is 3.08. The highest BCUT2D eigenvalue weighted by Gasteiger charge is 2.22. The second-order valence-electron chi connectivity index (χ2n) is 5.28. The summed E-state index contributed by atoms with van der Waals surface area (Å²) in [6.45, 7) is 1.10. The van der Waals surface area contributed by atoms with Crippen LogP contribution in [-0.2, 0) is 0 Å². The first-order valence-corrected chi connectivity index (χ1v) is 7.98. The summed E-state index contributed by atoms with van der Waals surface area (Å²) in [4.78, 5) is 12.9. The van der Waals surface area contributed by atoms with Crippen LogP contribution in [0.3, 0.4) is 0 Å². The van der Waals surface area contributed by atoms with Crippen molar-refractivity contribution in [3.05, 3.63) is 23.8 Å². The van der Waals surface area contributed by atoms with Crippen LogP contribution >= 0.6 is 15.9 Å². The minimum absolute atomic E-state index is 0.0278. The Labute approximate surface area is 127 Å². The summed E-state index contributed by atoms with van der Waals surface area (Å²) in [6, 6.07) is 5.64. The van der Waals surface area contributed by atoms with Gasteiger partial charge in [-0.25, -0.2) is 0 Å².